The normalized spacial score (nSPS) is 17.7. The van der Waals surface area contributed by atoms with Gasteiger partial charge in [-0.2, -0.15) is 0 Å². The molecule has 0 spiro atoms. The maximum atomic E-state index is 14.5. The Bertz CT molecular complexity index is 1610. The number of aromatic amines is 1. The third-order valence-electron chi connectivity index (χ3n) is 9.79. The number of carbonyl (C=O) groups is 1. The summed E-state index contributed by atoms with van der Waals surface area (Å²) in [6.07, 6.45) is 11.3. The van der Waals surface area contributed by atoms with Crippen molar-refractivity contribution in [3.05, 3.63) is 75.7 Å². The zero-order valence-electron chi connectivity index (χ0n) is 26.1. The van der Waals surface area contributed by atoms with E-state index < -0.39 is 5.41 Å². The smallest absolute Gasteiger partial charge is 0.314 e. The molecule has 0 amide bonds. The fourth-order valence-corrected chi connectivity index (χ4v) is 7.63. The summed E-state index contributed by atoms with van der Waals surface area (Å²) in [6, 6.07) is 16.4. The summed E-state index contributed by atoms with van der Waals surface area (Å²) in [4.78, 5) is 28.1. The molecule has 2 aromatic carbocycles. The number of aromatic nitrogens is 6. The van der Waals surface area contributed by atoms with Crippen LogP contribution in [0, 0.1) is 5.41 Å². The molecule has 1 unspecified atom stereocenters. The van der Waals surface area contributed by atoms with Crippen LogP contribution in [0.15, 0.2) is 53.3 Å². The van der Waals surface area contributed by atoms with Crippen molar-refractivity contribution in [2.75, 3.05) is 6.61 Å². The van der Waals surface area contributed by atoms with Crippen molar-refractivity contribution in [2.45, 2.75) is 103 Å². The van der Waals surface area contributed by atoms with Gasteiger partial charge < -0.3 is 4.74 Å². The number of nitrogens with zero attached hydrogens (tertiary/aromatic N) is 5. The van der Waals surface area contributed by atoms with Crippen molar-refractivity contribution in [1.29, 1.82) is 0 Å². The lowest BCUT2D eigenvalue weighted by molar-refractivity contribution is -0.163. The highest BCUT2D eigenvalue weighted by molar-refractivity contribution is 5.80. The summed E-state index contributed by atoms with van der Waals surface area (Å²) in [5, 5.41) is 14.5. The monoisotopic (exact) mass is 596 g/mol. The molecule has 1 N–H and O–H groups in total. The number of carbonyl (C=O) groups excluding carboxylic acids is 1. The van der Waals surface area contributed by atoms with Crippen molar-refractivity contribution >= 4 is 5.97 Å². The third kappa shape index (κ3) is 5.64. The first-order valence-corrected chi connectivity index (χ1v) is 16.5. The second kappa shape index (κ2) is 13.3. The molecule has 1 atom stereocenters. The summed E-state index contributed by atoms with van der Waals surface area (Å²) < 4.78 is 9.96. The molecule has 2 aliphatic rings. The molecule has 3 heterocycles. The Morgan fingerprint density at radius 1 is 1.00 bits per heavy atom. The molecule has 1 aliphatic heterocycles. The van der Waals surface area contributed by atoms with Gasteiger partial charge in [-0.3, -0.25) is 14.3 Å². The number of tetrazole rings is 1. The van der Waals surface area contributed by atoms with E-state index in [2.05, 4.69) is 62.6 Å². The minimum Gasteiger partial charge on any atom is -0.466 e. The van der Waals surface area contributed by atoms with Gasteiger partial charge in [0.1, 0.15) is 0 Å². The van der Waals surface area contributed by atoms with Gasteiger partial charge in [-0.15, -0.1) is 5.10 Å². The van der Waals surface area contributed by atoms with E-state index in [0.29, 0.717) is 18.9 Å². The Morgan fingerprint density at radius 2 is 1.77 bits per heavy atom. The summed E-state index contributed by atoms with van der Waals surface area (Å²) in [7, 11) is 0. The second-order valence-electron chi connectivity index (χ2n) is 12.4. The zero-order valence-corrected chi connectivity index (χ0v) is 26.1. The van der Waals surface area contributed by atoms with E-state index >= 15 is 0 Å². The lowest BCUT2D eigenvalue weighted by Gasteiger charge is -2.44. The zero-order chi connectivity index (χ0) is 30.5. The van der Waals surface area contributed by atoms with E-state index in [-0.39, 0.29) is 17.6 Å². The lowest BCUT2D eigenvalue weighted by atomic mass is 9.67. The minimum absolute atomic E-state index is 0.0719. The summed E-state index contributed by atoms with van der Waals surface area (Å²) >= 11 is 0. The molecule has 2 aromatic heterocycles. The van der Waals surface area contributed by atoms with Gasteiger partial charge in [-0.1, -0.05) is 87.6 Å². The number of hydrogen-bond donors (Lipinski definition) is 1. The molecule has 4 aromatic rings. The van der Waals surface area contributed by atoms with Crippen LogP contribution < -0.4 is 5.56 Å². The molecule has 9 heteroatoms. The summed E-state index contributed by atoms with van der Waals surface area (Å²) in [5.74, 6) is 0.513. The summed E-state index contributed by atoms with van der Waals surface area (Å²) in [6.45, 7) is 5.28. The first-order chi connectivity index (χ1) is 21.6. The summed E-state index contributed by atoms with van der Waals surface area (Å²) in [5.41, 5.74) is 5.61. The minimum atomic E-state index is -0.624. The van der Waals surface area contributed by atoms with Crippen molar-refractivity contribution in [1.82, 2.24) is 30.0 Å². The van der Waals surface area contributed by atoms with E-state index in [9.17, 15) is 9.59 Å². The van der Waals surface area contributed by atoms with Crippen LogP contribution in [0.2, 0.25) is 0 Å². The van der Waals surface area contributed by atoms with Crippen LogP contribution in [0.5, 0.6) is 0 Å². The molecule has 232 valence electrons. The van der Waals surface area contributed by atoms with Gasteiger partial charge in [0, 0.05) is 29.8 Å². The SMILES string of the molecule is CCCCCc1c(Cc2ccc(-c3ccccc3-c3nnn[nH]3)cc2)c(=O)n2n1CCCC2C1(C(=O)OCC)CCCCC1. The molecule has 0 radical (unpaired) electrons. The maximum Gasteiger partial charge on any atom is 0.314 e. The van der Waals surface area contributed by atoms with Crippen molar-refractivity contribution in [2.24, 2.45) is 5.41 Å². The van der Waals surface area contributed by atoms with Crippen LogP contribution in [0.4, 0.5) is 0 Å². The molecule has 44 heavy (non-hydrogen) atoms. The van der Waals surface area contributed by atoms with Crippen LogP contribution in [-0.2, 0) is 28.9 Å². The number of hydrogen-bond acceptors (Lipinski definition) is 6. The van der Waals surface area contributed by atoms with Gasteiger partial charge in [0.2, 0.25) is 0 Å². The van der Waals surface area contributed by atoms with Crippen molar-refractivity contribution in [3.63, 3.8) is 0 Å². The molecule has 6 rings (SSSR count). The molecule has 0 saturated heterocycles. The van der Waals surface area contributed by atoms with Crippen LogP contribution >= 0.6 is 0 Å². The van der Waals surface area contributed by atoms with Gasteiger partial charge in [0.15, 0.2) is 5.82 Å². The molecule has 1 fully saturated rings. The van der Waals surface area contributed by atoms with Gasteiger partial charge >= 0.3 is 5.97 Å². The van der Waals surface area contributed by atoms with Crippen LogP contribution in [-0.4, -0.2) is 42.6 Å². The number of benzene rings is 2. The Kier molecular flexibility index (Phi) is 9.09. The molecular weight excluding hydrogens is 552 g/mol. The average molecular weight is 597 g/mol. The highest BCUT2D eigenvalue weighted by Crippen LogP contribution is 2.49. The first kappa shape index (κ1) is 30.0. The topological polar surface area (TPSA) is 108 Å². The fraction of sp³-hybridized carbons (Fsp3) is 0.514. The number of H-pyrrole nitrogens is 1. The van der Waals surface area contributed by atoms with Gasteiger partial charge in [-0.25, -0.2) is 9.78 Å². The third-order valence-corrected chi connectivity index (χ3v) is 9.79. The van der Waals surface area contributed by atoms with E-state index in [1.165, 1.54) is 0 Å². The van der Waals surface area contributed by atoms with E-state index in [1.807, 2.05) is 29.8 Å². The van der Waals surface area contributed by atoms with Crippen LogP contribution in [0.3, 0.4) is 0 Å². The largest absolute Gasteiger partial charge is 0.466 e. The standard InChI is InChI=1S/C35H44N6O3/c1-3-5-7-15-30-29(24-25-17-19-26(20-18-25)27-13-8-9-14-28(27)32-36-38-39-37-32)33(42)41-31(16-12-23-40(30)41)35(34(43)44-4-2)21-10-6-11-22-35/h8-9,13-14,17-20,31H,3-7,10-12,15-16,21-24H2,1-2H3,(H,36,37,38,39). The van der Waals surface area contributed by atoms with Crippen LogP contribution in [0.25, 0.3) is 22.5 Å². The van der Waals surface area contributed by atoms with Gasteiger partial charge in [-0.05, 0) is 72.6 Å². The molecular formula is C35H44N6O3. The second-order valence-corrected chi connectivity index (χ2v) is 12.4. The van der Waals surface area contributed by atoms with E-state index in [0.717, 1.165) is 111 Å². The predicted molar refractivity (Wildman–Crippen MR) is 170 cm³/mol. The number of nitrogens with one attached hydrogen (secondary N) is 1. The maximum absolute atomic E-state index is 14.5. The van der Waals surface area contributed by atoms with Crippen molar-refractivity contribution < 1.29 is 9.53 Å². The lowest BCUT2D eigenvalue weighted by Crippen LogP contribution is -2.48. The Hall–Kier alpha value is -4.01. The Balaban J connectivity index is 1.37. The Labute approximate surface area is 259 Å². The van der Waals surface area contributed by atoms with Crippen LogP contribution in [0.1, 0.15) is 101 Å². The Morgan fingerprint density at radius 3 is 2.48 bits per heavy atom. The number of unbranched alkanes of at least 4 members (excludes halogenated alkanes) is 2. The molecule has 0 bridgehead atoms. The average Bonchev–Trinajstić information content (AvgIpc) is 3.69. The van der Waals surface area contributed by atoms with Gasteiger partial charge in [0.05, 0.1) is 18.1 Å². The number of esters is 1. The molecule has 9 nitrogen and oxygen atoms in total. The first-order valence-electron chi connectivity index (χ1n) is 16.5. The van der Waals surface area contributed by atoms with Gasteiger partial charge in [0.25, 0.3) is 5.56 Å². The number of fused-ring (bicyclic) bond motifs is 1. The highest BCUT2D eigenvalue weighted by atomic mass is 16.5. The van der Waals surface area contributed by atoms with Crippen molar-refractivity contribution in [3.8, 4) is 22.5 Å². The fourth-order valence-electron chi connectivity index (χ4n) is 7.63. The number of ether oxygens (including phenoxy) is 1. The van der Waals surface area contributed by atoms with E-state index in [4.69, 9.17) is 4.74 Å². The van der Waals surface area contributed by atoms with E-state index in [1.54, 1.807) is 0 Å². The molecule has 1 saturated carbocycles. The number of rotatable bonds is 11. The predicted octanol–water partition coefficient (Wildman–Crippen LogP) is 6.67. The highest BCUT2D eigenvalue weighted by Gasteiger charge is 2.50. The molecule has 1 aliphatic carbocycles. The quantitative estimate of drug-likeness (QED) is 0.153.